The first-order chi connectivity index (χ1) is 21.0. The van der Waals surface area contributed by atoms with Gasteiger partial charge in [-0.25, -0.2) is 14.4 Å². The fourth-order valence-electron chi connectivity index (χ4n) is 6.05. The van der Waals surface area contributed by atoms with Crippen LogP contribution >= 0.6 is 0 Å². The van der Waals surface area contributed by atoms with E-state index in [1.54, 1.807) is 37.6 Å². The molecule has 0 atom stereocenters. The fraction of sp³-hybridized carbons (Fsp3) is 0.364. The smallest absolute Gasteiger partial charge is 0.144 e. The van der Waals surface area contributed by atoms with Crippen molar-refractivity contribution in [3.8, 4) is 17.0 Å². The zero-order valence-electron chi connectivity index (χ0n) is 25.1. The number of ether oxygens (including phenoxy) is 1. The molecule has 2 fully saturated rings. The highest BCUT2D eigenvalue weighted by Gasteiger charge is 2.27. The molecule has 4 aromatic rings. The molecule has 2 aromatic heterocycles. The molecule has 0 radical (unpaired) electrons. The first kappa shape index (κ1) is 28.8. The maximum absolute atomic E-state index is 14.3. The Labute approximate surface area is 252 Å². The Morgan fingerprint density at radius 2 is 1.60 bits per heavy atom. The van der Waals surface area contributed by atoms with Crippen LogP contribution in [0.2, 0.25) is 0 Å². The van der Waals surface area contributed by atoms with Crippen molar-refractivity contribution in [3.63, 3.8) is 0 Å². The summed E-state index contributed by atoms with van der Waals surface area (Å²) in [6.45, 7) is 8.91. The summed E-state index contributed by atoms with van der Waals surface area (Å²) in [5, 5.41) is 6.70. The van der Waals surface area contributed by atoms with Crippen LogP contribution in [0, 0.1) is 12.7 Å². The first-order valence-corrected chi connectivity index (χ1v) is 14.9. The number of methoxy groups -OCH3 is 1. The SMILES string of the molecule is COc1cc(N2CCC(N3CCN(C)CC3)CC2)c(C)cc1Nc1cc(Nc2ccnc(-c3ccccc3F)c2)ncn1. The third kappa shape index (κ3) is 6.71. The second-order valence-corrected chi connectivity index (χ2v) is 11.3. The summed E-state index contributed by atoms with van der Waals surface area (Å²) in [6.07, 6.45) is 5.51. The number of piperidine rings is 1. The molecule has 0 amide bonds. The predicted octanol–water partition coefficient (Wildman–Crippen LogP) is 5.70. The molecule has 0 saturated carbocycles. The third-order valence-corrected chi connectivity index (χ3v) is 8.49. The van der Waals surface area contributed by atoms with Crippen LogP contribution in [0.4, 0.5) is 33.1 Å². The minimum atomic E-state index is -0.314. The largest absolute Gasteiger partial charge is 0.494 e. The van der Waals surface area contributed by atoms with Gasteiger partial charge in [0, 0.05) is 80.6 Å². The number of piperazine rings is 1. The minimum Gasteiger partial charge on any atom is -0.494 e. The zero-order valence-corrected chi connectivity index (χ0v) is 25.1. The Morgan fingerprint density at radius 3 is 2.35 bits per heavy atom. The summed E-state index contributed by atoms with van der Waals surface area (Å²) in [7, 11) is 3.91. The van der Waals surface area contributed by atoms with E-state index in [1.165, 1.54) is 49.6 Å². The summed E-state index contributed by atoms with van der Waals surface area (Å²) >= 11 is 0. The van der Waals surface area contributed by atoms with Crippen LogP contribution in [-0.2, 0) is 0 Å². The van der Waals surface area contributed by atoms with Crippen LogP contribution in [0.15, 0.2) is 67.1 Å². The van der Waals surface area contributed by atoms with Crippen molar-refractivity contribution < 1.29 is 9.13 Å². The van der Waals surface area contributed by atoms with Crippen molar-refractivity contribution in [2.75, 3.05) is 69.0 Å². The molecule has 0 bridgehead atoms. The molecule has 2 saturated heterocycles. The van der Waals surface area contributed by atoms with E-state index in [4.69, 9.17) is 4.74 Å². The van der Waals surface area contributed by atoms with Crippen LogP contribution in [0.3, 0.4) is 0 Å². The number of aryl methyl sites for hydroxylation is 1. The van der Waals surface area contributed by atoms with E-state index in [2.05, 4.69) is 66.4 Å². The molecule has 2 aromatic carbocycles. The Kier molecular flexibility index (Phi) is 8.67. The van der Waals surface area contributed by atoms with E-state index in [9.17, 15) is 4.39 Å². The van der Waals surface area contributed by atoms with Crippen LogP contribution in [0.25, 0.3) is 11.3 Å². The second-order valence-electron chi connectivity index (χ2n) is 11.3. The summed E-state index contributed by atoms with van der Waals surface area (Å²) < 4.78 is 20.1. The van der Waals surface area contributed by atoms with Gasteiger partial charge in [-0.2, -0.15) is 0 Å². The highest BCUT2D eigenvalue weighted by Crippen LogP contribution is 2.36. The molecule has 0 aliphatic carbocycles. The van der Waals surface area contributed by atoms with Gasteiger partial charge in [0.2, 0.25) is 0 Å². The van der Waals surface area contributed by atoms with Gasteiger partial charge < -0.3 is 25.2 Å². The summed E-state index contributed by atoms with van der Waals surface area (Å²) in [6, 6.07) is 17.0. The molecule has 2 aliphatic rings. The predicted molar refractivity (Wildman–Crippen MR) is 170 cm³/mol. The molecule has 0 unspecified atom stereocenters. The molecule has 2 N–H and O–H groups in total. The monoisotopic (exact) mass is 582 g/mol. The normalized spacial score (nSPS) is 16.7. The van der Waals surface area contributed by atoms with Crippen LogP contribution in [-0.4, -0.2) is 84.2 Å². The van der Waals surface area contributed by atoms with E-state index in [-0.39, 0.29) is 5.82 Å². The highest BCUT2D eigenvalue weighted by molar-refractivity contribution is 5.73. The highest BCUT2D eigenvalue weighted by atomic mass is 19.1. The average Bonchev–Trinajstić information content (AvgIpc) is 3.02. The number of pyridine rings is 1. The number of likely N-dealkylation sites (N-methyl/N-ethyl adjacent to an activating group) is 1. The molecule has 6 rings (SSSR count). The summed E-state index contributed by atoms with van der Waals surface area (Å²) in [5.74, 6) is 1.67. The molecular weight excluding hydrogens is 543 g/mol. The molecule has 43 heavy (non-hydrogen) atoms. The lowest BCUT2D eigenvalue weighted by Crippen LogP contribution is -2.52. The summed E-state index contributed by atoms with van der Waals surface area (Å²) in [5.41, 5.74) is 4.97. The number of nitrogens with zero attached hydrogens (tertiary/aromatic N) is 6. The lowest BCUT2D eigenvalue weighted by Gasteiger charge is -2.43. The number of halogens is 1. The minimum absolute atomic E-state index is 0.314. The lowest BCUT2D eigenvalue weighted by atomic mass is 10.0. The Hall–Kier alpha value is -4.28. The van der Waals surface area contributed by atoms with E-state index in [0.29, 0.717) is 28.9 Å². The van der Waals surface area contributed by atoms with Gasteiger partial charge in [-0.15, -0.1) is 0 Å². The Bertz CT molecular complexity index is 1550. The van der Waals surface area contributed by atoms with Crippen molar-refractivity contribution in [2.45, 2.75) is 25.8 Å². The van der Waals surface area contributed by atoms with Gasteiger partial charge in [0.25, 0.3) is 0 Å². The average molecular weight is 583 g/mol. The van der Waals surface area contributed by atoms with Crippen LogP contribution in [0.1, 0.15) is 18.4 Å². The fourth-order valence-corrected chi connectivity index (χ4v) is 6.05. The molecule has 9 nitrogen and oxygen atoms in total. The lowest BCUT2D eigenvalue weighted by molar-refractivity contribution is 0.0982. The maximum atomic E-state index is 14.3. The van der Waals surface area contributed by atoms with Crippen molar-refractivity contribution in [1.29, 1.82) is 0 Å². The number of anilines is 5. The van der Waals surface area contributed by atoms with Gasteiger partial charge in [0.05, 0.1) is 18.5 Å². The van der Waals surface area contributed by atoms with Crippen molar-refractivity contribution in [3.05, 3.63) is 78.5 Å². The number of rotatable bonds is 8. The van der Waals surface area contributed by atoms with Crippen LogP contribution in [0.5, 0.6) is 5.75 Å². The number of aromatic nitrogens is 3. The molecule has 2 aliphatic heterocycles. The topological polar surface area (TPSA) is 81.7 Å². The molecule has 0 spiro atoms. The second kappa shape index (κ2) is 12.9. The van der Waals surface area contributed by atoms with Gasteiger partial charge in [-0.1, -0.05) is 12.1 Å². The number of hydrogen-bond acceptors (Lipinski definition) is 9. The van der Waals surface area contributed by atoms with Gasteiger partial charge >= 0.3 is 0 Å². The van der Waals surface area contributed by atoms with Gasteiger partial charge in [0.1, 0.15) is 29.5 Å². The molecule has 10 heteroatoms. The number of benzene rings is 2. The van der Waals surface area contributed by atoms with Crippen LogP contribution < -0.4 is 20.3 Å². The Morgan fingerprint density at radius 1 is 0.860 bits per heavy atom. The van der Waals surface area contributed by atoms with Crippen molar-refractivity contribution >= 4 is 28.7 Å². The number of hydrogen-bond donors (Lipinski definition) is 2. The quantitative estimate of drug-likeness (QED) is 0.272. The standard InChI is InChI=1S/C33H39FN8O/c1-23-18-29(31(43-3)20-30(23)42-12-9-25(10-13-42)41-16-14-40(2)15-17-41)39-33-21-32(36-22-37-33)38-24-8-11-35-28(19-24)26-6-4-5-7-27(26)34/h4-8,11,18-22,25H,9-10,12-17H2,1-3H3,(H2,35,36,37,38,39). The van der Waals surface area contributed by atoms with Gasteiger partial charge in [-0.05, 0) is 62.7 Å². The molecular formula is C33H39FN8O. The van der Waals surface area contributed by atoms with Crippen molar-refractivity contribution in [1.82, 2.24) is 24.8 Å². The molecule has 224 valence electrons. The number of nitrogens with one attached hydrogen (secondary N) is 2. The third-order valence-electron chi connectivity index (χ3n) is 8.49. The van der Waals surface area contributed by atoms with E-state index in [1.807, 2.05) is 12.1 Å². The first-order valence-electron chi connectivity index (χ1n) is 14.9. The zero-order chi connectivity index (χ0) is 29.8. The van der Waals surface area contributed by atoms with E-state index in [0.717, 1.165) is 43.3 Å². The van der Waals surface area contributed by atoms with Gasteiger partial charge in [-0.3, -0.25) is 9.88 Å². The van der Waals surface area contributed by atoms with Gasteiger partial charge in [0.15, 0.2) is 0 Å². The van der Waals surface area contributed by atoms with Crippen molar-refractivity contribution in [2.24, 2.45) is 0 Å². The Balaban J connectivity index is 1.13. The molecule has 4 heterocycles. The van der Waals surface area contributed by atoms with E-state index >= 15 is 0 Å². The summed E-state index contributed by atoms with van der Waals surface area (Å²) in [4.78, 5) is 20.7. The maximum Gasteiger partial charge on any atom is 0.144 e. The van der Waals surface area contributed by atoms with E-state index < -0.39 is 0 Å².